The van der Waals surface area contributed by atoms with Crippen molar-refractivity contribution in [2.24, 2.45) is 0 Å². The normalized spacial score (nSPS) is 14.9. The maximum atomic E-state index is 4.66. The first kappa shape index (κ1) is 14.0. The van der Waals surface area contributed by atoms with Gasteiger partial charge in [0.1, 0.15) is 0 Å². The minimum atomic E-state index is 0.957. The Hall–Kier alpha value is -2.66. The summed E-state index contributed by atoms with van der Waals surface area (Å²) in [5, 5.41) is 8.04. The van der Waals surface area contributed by atoms with Crippen LogP contribution in [0.15, 0.2) is 61.1 Å². The molecule has 1 N–H and O–H groups in total. The summed E-state index contributed by atoms with van der Waals surface area (Å²) in [4.78, 5) is 6.45. The molecule has 3 aromatic rings. The van der Waals surface area contributed by atoms with Crippen LogP contribution in [-0.4, -0.2) is 40.9 Å². The molecule has 1 aliphatic rings. The molecule has 1 aliphatic heterocycles. The maximum absolute atomic E-state index is 4.66. The van der Waals surface area contributed by atoms with E-state index in [-0.39, 0.29) is 0 Å². The van der Waals surface area contributed by atoms with E-state index in [0.717, 1.165) is 43.1 Å². The van der Waals surface area contributed by atoms with E-state index in [0.29, 0.717) is 0 Å². The first-order chi connectivity index (χ1) is 11.4. The van der Waals surface area contributed by atoms with Gasteiger partial charge in [-0.2, -0.15) is 5.10 Å². The van der Waals surface area contributed by atoms with E-state index < -0.39 is 0 Å². The van der Waals surface area contributed by atoms with E-state index >= 15 is 0 Å². The lowest BCUT2D eigenvalue weighted by atomic mass is 10.2. The molecule has 5 nitrogen and oxygen atoms in total. The van der Waals surface area contributed by atoms with Crippen LogP contribution in [0.4, 0.5) is 5.69 Å². The van der Waals surface area contributed by atoms with Gasteiger partial charge in [0.05, 0.1) is 11.4 Å². The molecule has 1 aromatic carbocycles. The van der Waals surface area contributed by atoms with E-state index in [1.54, 1.807) is 12.4 Å². The van der Waals surface area contributed by atoms with Crippen LogP contribution in [0, 0.1) is 0 Å². The third kappa shape index (κ3) is 2.96. The zero-order valence-electron chi connectivity index (χ0n) is 12.9. The standard InChI is InChI=1S/C18H19N5/c1-3-17(4-2-16(1)22-13-10-20-11-14-22)23-12-7-18(21-23)15-5-8-19-9-6-15/h1-9,12,20H,10-11,13-14H2. The molecule has 0 aliphatic carbocycles. The second kappa shape index (κ2) is 6.22. The fourth-order valence-electron chi connectivity index (χ4n) is 2.88. The second-order valence-electron chi connectivity index (χ2n) is 5.63. The Balaban J connectivity index is 1.55. The number of anilines is 1. The second-order valence-corrected chi connectivity index (χ2v) is 5.63. The first-order valence-electron chi connectivity index (χ1n) is 7.92. The zero-order chi connectivity index (χ0) is 15.5. The monoisotopic (exact) mass is 305 g/mol. The third-order valence-corrected chi connectivity index (χ3v) is 4.16. The number of aromatic nitrogens is 3. The van der Waals surface area contributed by atoms with Gasteiger partial charge < -0.3 is 10.2 Å². The number of rotatable bonds is 3. The fraction of sp³-hybridized carbons (Fsp3) is 0.222. The summed E-state index contributed by atoms with van der Waals surface area (Å²) in [6.07, 6.45) is 5.57. The molecule has 23 heavy (non-hydrogen) atoms. The highest BCUT2D eigenvalue weighted by Gasteiger charge is 2.10. The van der Waals surface area contributed by atoms with Crippen LogP contribution in [0.2, 0.25) is 0 Å². The highest BCUT2D eigenvalue weighted by molar-refractivity contribution is 5.58. The smallest absolute Gasteiger partial charge is 0.0928 e. The third-order valence-electron chi connectivity index (χ3n) is 4.16. The molecule has 1 saturated heterocycles. The highest BCUT2D eigenvalue weighted by atomic mass is 15.3. The highest BCUT2D eigenvalue weighted by Crippen LogP contribution is 2.20. The van der Waals surface area contributed by atoms with Gasteiger partial charge in [0.15, 0.2) is 0 Å². The van der Waals surface area contributed by atoms with E-state index in [1.165, 1.54) is 5.69 Å². The Labute approximate surface area is 135 Å². The van der Waals surface area contributed by atoms with Gasteiger partial charge in [0.2, 0.25) is 0 Å². The lowest BCUT2D eigenvalue weighted by molar-refractivity contribution is 0.589. The minimum absolute atomic E-state index is 0.957. The number of pyridine rings is 1. The minimum Gasteiger partial charge on any atom is -0.369 e. The summed E-state index contributed by atoms with van der Waals surface area (Å²) in [6, 6.07) is 14.6. The van der Waals surface area contributed by atoms with E-state index in [1.807, 2.05) is 29.1 Å². The molecular weight excluding hydrogens is 286 g/mol. The molecule has 0 spiro atoms. The Kier molecular flexibility index (Phi) is 3.78. The summed E-state index contributed by atoms with van der Waals surface area (Å²) >= 11 is 0. The lowest BCUT2D eigenvalue weighted by Crippen LogP contribution is -2.43. The van der Waals surface area contributed by atoms with E-state index in [2.05, 4.69) is 44.6 Å². The molecular formula is C18H19N5. The van der Waals surface area contributed by atoms with Gasteiger partial charge >= 0.3 is 0 Å². The summed E-state index contributed by atoms with van der Waals surface area (Å²) in [7, 11) is 0. The van der Waals surface area contributed by atoms with Crippen molar-refractivity contribution in [3.8, 4) is 16.9 Å². The topological polar surface area (TPSA) is 46.0 Å². The number of nitrogens with zero attached hydrogens (tertiary/aromatic N) is 4. The van der Waals surface area contributed by atoms with Gasteiger partial charge in [-0.05, 0) is 42.5 Å². The molecule has 2 aromatic heterocycles. The lowest BCUT2D eigenvalue weighted by Gasteiger charge is -2.29. The van der Waals surface area contributed by atoms with E-state index in [4.69, 9.17) is 0 Å². The van der Waals surface area contributed by atoms with Crippen LogP contribution in [0.5, 0.6) is 0 Å². The van der Waals surface area contributed by atoms with Gasteiger partial charge in [0, 0.05) is 56.0 Å². The molecule has 5 heteroatoms. The predicted octanol–water partition coefficient (Wildman–Crippen LogP) is 2.34. The van der Waals surface area contributed by atoms with Gasteiger partial charge in [0.25, 0.3) is 0 Å². The number of hydrogen-bond acceptors (Lipinski definition) is 4. The Morgan fingerprint density at radius 1 is 0.826 bits per heavy atom. The van der Waals surface area contributed by atoms with Crippen molar-refractivity contribution in [1.82, 2.24) is 20.1 Å². The quantitative estimate of drug-likeness (QED) is 0.807. The van der Waals surface area contributed by atoms with Crippen LogP contribution in [0.3, 0.4) is 0 Å². The number of hydrogen-bond donors (Lipinski definition) is 1. The molecule has 0 atom stereocenters. The van der Waals surface area contributed by atoms with Crippen molar-refractivity contribution in [3.63, 3.8) is 0 Å². The molecule has 1 fully saturated rings. The molecule has 0 radical (unpaired) electrons. The van der Waals surface area contributed by atoms with Gasteiger partial charge in [-0.25, -0.2) is 4.68 Å². The van der Waals surface area contributed by atoms with Gasteiger partial charge in [-0.3, -0.25) is 4.98 Å². The Morgan fingerprint density at radius 3 is 2.26 bits per heavy atom. The maximum Gasteiger partial charge on any atom is 0.0928 e. The molecule has 3 heterocycles. The van der Waals surface area contributed by atoms with Crippen molar-refractivity contribution in [1.29, 1.82) is 0 Å². The van der Waals surface area contributed by atoms with Crippen molar-refractivity contribution in [2.45, 2.75) is 0 Å². The first-order valence-corrected chi connectivity index (χ1v) is 7.92. The zero-order valence-corrected chi connectivity index (χ0v) is 12.9. The van der Waals surface area contributed by atoms with Crippen molar-refractivity contribution in [2.75, 3.05) is 31.1 Å². The SMILES string of the molecule is c1cc(-c2ccn(-c3ccc(N4CCNCC4)cc3)n2)ccn1. The van der Waals surface area contributed by atoms with Crippen LogP contribution in [0.25, 0.3) is 16.9 Å². The summed E-state index contributed by atoms with van der Waals surface area (Å²) in [5.74, 6) is 0. The average Bonchev–Trinajstić information content (AvgIpc) is 3.14. The molecule has 116 valence electrons. The van der Waals surface area contributed by atoms with Crippen LogP contribution in [0.1, 0.15) is 0 Å². The molecule has 0 bridgehead atoms. The Bertz CT molecular complexity index is 758. The van der Waals surface area contributed by atoms with Crippen molar-refractivity contribution >= 4 is 5.69 Å². The molecule has 0 saturated carbocycles. The summed E-state index contributed by atoms with van der Waals surface area (Å²) in [6.45, 7) is 4.23. The number of nitrogens with one attached hydrogen (secondary N) is 1. The van der Waals surface area contributed by atoms with Crippen molar-refractivity contribution in [3.05, 3.63) is 61.1 Å². The number of benzene rings is 1. The molecule has 4 rings (SSSR count). The summed E-state index contributed by atoms with van der Waals surface area (Å²) in [5.41, 5.74) is 4.38. The molecule has 0 amide bonds. The van der Waals surface area contributed by atoms with Gasteiger partial charge in [-0.15, -0.1) is 0 Å². The van der Waals surface area contributed by atoms with Crippen LogP contribution < -0.4 is 10.2 Å². The predicted molar refractivity (Wildman–Crippen MR) is 91.9 cm³/mol. The van der Waals surface area contributed by atoms with Crippen molar-refractivity contribution < 1.29 is 0 Å². The number of piperazine rings is 1. The fourth-order valence-corrected chi connectivity index (χ4v) is 2.88. The average molecular weight is 305 g/mol. The van der Waals surface area contributed by atoms with E-state index in [9.17, 15) is 0 Å². The van der Waals surface area contributed by atoms with Crippen LogP contribution >= 0.6 is 0 Å². The summed E-state index contributed by atoms with van der Waals surface area (Å²) < 4.78 is 1.91. The Morgan fingerprint density at radius 2 is 1.52 bits per heavy atom. The largest absolute Gasteiger partial charge is 0.369 e. The van der Waals surface area contributed by atoms with Gasteiger partial charge in [-0.1, -0.05) is 0 Å². The van der Waals surface area contributed by atoms with Crippen LogP contribution in [-0.2, 0) is 0 Å². The molecule has 0 unspecified atom stereocenters.